The number of ether oxygens (including phenoxy) is 1. The van der Waals surface area contributed by atoms with Gasteiger partial charge in [-0.25, -0.2) is 0 Å². The summed E-state index contributed by atoms with van der Waals surface area (Å²) >= 11 is 0. The average molecular weight is 213 g/mol. The predicted molar refractivity (Wildman–Crippen MR) is 65.1 cm³/mol. The summed E-state index contributed by atoms with van der Waals surface area (Å²) in [6.07, 6.45) is 5.28. The molecular weight excluding hydrogens is 186 g/mol. The third kappa shape index (κ3) is 4.12. The van der Waals surface area contributed by atoms with Gasteiger partial charge in [-0.05, 0) is 44.6 Å². The second-order valence-corrected chi connectivity index (χ2v) is 4.72. The Morgan fingerprint density at radius 2 is 2.07 bits per heavy atom. The van der Waals surface area contributed by atoms with Crippen molar-refractivity contribution in [1.82, 2.24) is 5.32 Å². The van der Waals surface area contributed by atoms with Crippen molar-refractivity contribution in [3.8, 4) is 0 Å². The number of hydrogen-bond donors (Lipinski definition) is 1. The Labute approximate surface area is 94.8 Å². The molecule has 0 aromatic rings. The minimum Gasteiger partial charge on any atom is -0.382 e. The third-order valence-electron chi connectivity index (χ3n) is 3.83. The van der Waals surface area contributed by atoms with Gasteiger partial charge in [0.05, 0.1) is 0 Å². The first-order valence-corrected chi connectivity index (χ1v) is 6.60. The van der Waals surface area contributed by atoms with Crippen LogP contribution in [0.25, 0.3) is 0 Å². The fourth-order valence-corrected chi connectivity index (χ4v) is 2.72. The molecule has 1 saturated carbocycles. The maximum Gasteiger partial charge on any atom is 0.0477 e. The van der Waals surface area contributed by atoms with Gasteiger partial charge in [-0.15, -0.1) is 0 Å². The Morgan fingerprint density at radius 3 is 2.67 bits per heavy atom. The summed E-state index contributed by atoms with van der Waals surface area (Å²) in [5.74, 6) is 1.82. The number of hydrogen-bond acceptors (Lipinski definition) is 2. The van der Waals surface area contributed by atoms with Gasteiger partial charge in [0.2, 0.25) is 0 Å². The molecule has 2 heteroatoms. The van der Waals surface area contributed by atoms with Gasteiger partial charge in [-0.1, -0.05) is 20.3 Å². The van der Waals surface area contributed by atoms with E-state index in [0.717, 1.165) is 44.1 Å². The Morgan fingerprint density at radius 1 is 1.27 bits per heavy atom. The summed E-state index contributed by atoms with van der Waals surface area (Å²) in [6, 6.07) is 0.761. The second-order valence-electron chi connectivity index (χ2n) is 4.72. The van der Waals surface area contributed by atoms with E-state index in [0.29, 0.717) is 0 Å². The van der Waals surface area contributed by atoms with Crippen LogP contribution in [0.15, 0.2) is 0 Å². The summed E-state index contributed by atoms with van der Waals surface area (Å²) < 4.78 is 5.33. The summed E-state index contributed by atoms with van der Waals surface area (Å²) in [7, 11) is 0. The largest absolute Gasteiger partial charge is 0.382 e. The van der Waals surface area contributed by atoms with E-state index in [1.807, 2.05) is 0 Å². The fraction of sp³-hybridized carbons (Fsp3) is 1.00. The maximum absolute atomic E-state index is 5.33. The molecule has 15 heavy (non-hydrogen) atoms. The van der Waals surface area contributed by atoms with Crippen LogP contribution in [0, 0.1) is 11.8 Å². The molecule has 0 heterocycles. The van der Waals surface area contributed by atoms with E-state index in [4.69, 9.17) is 4.74 Å². The Bertz CT molecular complexity index is 161. The predicted octanol–water partition coefficient (Wildman–Crippen LogP) is 2.83. The van der Waals surface area contributed by atoms with Crippen LogP contribution >= 0.6 is 0 Å². The van der Waals surface area contributed by atoms with Crippen LogP contribution in [0.4, 0.5) is 0 Å². The molecule has 1 N–H and O–H groups in total. The minimum absolute atomic E-state index is 0.761. The molecule has 0 radical (unpaired) electrons. The van der Waals surface area contributed by atoms with E-state index in [2.05, 4.69) is 26.1 Å². The van der Waals surface area contributed by atoms with E-state index in [1.54, 1.807) is 0 Å². The summed E-state index contributed by atoms with van der Waals surface area (Å²) in [5, 5.41) is 3.67. The molecule has 3 unspecified atom stereocenters. The summed E-state index contributed by atoms with van der Waals surface area (Å²) in [5.41, 5.74) is 0. The highest BCUT2D eigenvalue weighted by Gasteiger charge is 2.30. The Kier molecular flexibility index (Phi) is 6.26. The molecular formula is C13H27NO. The molecule has 1 fully saturated rings. The summed E-state index contributed by atoms with van der Waals surface area (Å²) in [4.78, 5) is 0. The van der Waals surface area contributed by atoms with Crippen molar-refractivity contribution in [1.29, 1.82) is 0 Å². The third-order valence-corrected chi connectivity index (χ3v) is 3.83. The van der Waals surface area contributed by atoms with Gasteiger partial charge in [0, 0.05) is 19.3 Å². The number of rotatable bonds is 7. The first-order chi connectivity index (χ1) is 7.29. The molecule has 0 spiro atoms. The van der Waals surface area contributed by atoms with Gasteiger partial charge in [0.1, 0.15) is 0 Å². The molecule has 0 aromatic heterocycles. The van der Waals surface area contributed by atoms with Crippen LogP contribution in [0.3, 0.4) is 0 Å². The van der Waals surface area contributed by atoms with E-state index < -0.39 is 0 Å². The van der Waals surface area contributed by atoms with Crippen molar-refractivity contribution in [3.63, 3.8) is 0 Å². The van der Waals surface area contributed by atoms with Gasteiger partial charge in [-0.3, -0.25) is 0 Å². The standard InChI is InChI=1S/C13H27NO/c1-4-12-7-8-13(11(12)3)14-9-6-10-15-5-2/h11-14H,4-10H2,1-3H3. The lowest BCUT2D eigenvalue weighted by Gasteiger charge is -2.20. The molecule has 0 amide bonds. The van der Waals surface area contributed by atoms with Gasteiger partial charge < -0.3 is 10.1 Å². The molecule has 1 aliphatic rings. The van der Waals surface area contributed by atoms with Crippen molar-refractivity contribution in [3.05, 3.63) is 0 Å². The second kappa shape index (κ2) is 7.24. The smallest absolute Gasteiger partial charge is 0.0477 e. The molecule has 0 bridgehead atoms. The van der Waals surface area contributed by atoms with Crippen LogP contribution in [0.5, 0.6) is 0 Å². The highest BCUT2D eigenvalue weighted by atomic mass is 16.5. The monoisotopic (exact) mass is 213 g/mol. The van der Waals surface area contributed by atoms with Crippen molar-refractivity contribution in [2.45, 2.75) is 52.5 Å². The van der Waals surface area contributed by atoms with Crippen LogP contribution < -0.4 is 5.32 Å². The first-order valence-electron chi connectivity index (χ1n) is 6.60. The van der Waals surface area contributed by atoms with Gasteiger partial charge in [-0.2, -0.15) is 0 Å². The van der Waals surface area contributed by atoms with Gasteiger partial charge in [0.15, 0.2) is 0 Å². The molecule has 1 rings (SSSR count). The van der Waals surface area contributed by atoms with Crippen LogP contribution in [0.1, 0.15) is 46.5 Å². The molecule has 0 aliphatic heterocycles. The molecule has 1 aliphatic carbocycles. The SMILES string of the molecule is CCOCCCNC1CCC(CC)C1C. The molecule has 2 nitrogen and oxygen atoms in total. The Balaban J connectivity index is 2.07. The van der Waals surface area contributed by atoms with Crippen molar-refractivity contribution >= 4 is 0 Å². The summed E-state index contributed by atoms with van der Waals surface area (Å²) in [6.45, 7) is 9.64. The quantitative estimate of drug-likeness (QED) is 0.657. The first kappa shape index (κ1) is 13.0. The zero-order chi connectivity index (χ0) is 11.1. The van der Waals surface area contributed by atoms with Crippen molar-refractivity contribution in [2.75, 3.05) is 19.8 Å². The van der Waals surface area contributed by atoms with E-state index in [-0.39, 0.29) is 0 Å². The zero-order valence-electron chi connectivity index (χ0n) is 10.6. The minimum atomic E-state index is 0.761. The number of nitrogens with one attached hydrogen (secondary N) is 1. The van der Waals surface area contributed by atoms with E-state index in [9.17, 15) is 0 Å². The van der Waals surface area contributed by atoms with Crippen LogP contribution in [-0.4, -0.2) is 25.8 Å². The normalized spacial score (nSPS) is 31.0. The lowest BCUT2D eigenvalue weighted by atomic mass is 9.93. The highest BCUT2D eigenvalue weighted by Crippen LogP contribution is 2.33. The van der Waals surface area contributed by atoms with Crippen molar-refractivity contribution in [2.24, 2.45) is 11.8 Å². The van der Waals surface area contributed by atoms with Gasteiger partial charge >= 0.3 is 0 Å². The van der Waals surface area contributed by atoms with Crippen molar-refractivity contribution < 1.29 is 4.74 Å². The fourth-order valence-electron chi connectivity index (χ4n) is 2.72. The lowest BCUT2D eigenvalue weighted by molar-refractivity contribution is 0.143. The molecule has 0 saturated heterocycles. The van der Waals surface area contributed by atoms with Gasteiger partial charge in [0.25, 0.3) is 0 Å². The van der Waals surface area contributed by atoms with E-state index in [1.165, 1.54) is 19.3 Å². The topological polar surface area (TPSA) is 21.3 Å². The van der Waals surface area contributed by atoms with E-state index >= 15 is 0 Å². The lowest BCUT2D eigenvalue weighted by Crippen LogP contribution is -2.33. The highest BCUT2D eigenvalue weighted by molar-refractivity contribution is 4.86. The molecule has 0 aromatic carbocycles. The molecule has 3 atom stereocenters. The Hall–Kier alpha value is -0.0800. The maximum atomic E-state index is 5.33. The molecule has 90 valence electrons. The van der Waals surface area contributed by atoms with Crippen LogP contribution in [0.2, 0.25) is 0 Å². The average Bonchev–Trinajstić information content (AvgIpc) is 2.60. The zero-order valence-corrected chi connectivity index (χ0v) is 10.6. The van der Waals surface area contributed by atoms with Crippen LogP contribution in [-0.2, 0) is 4.74 Å².